The SMILES string of the molecule is CCC[PH+](CCC)CCC.O=C[O-].O=[P+](O)O. The van der Waals surface area contributed by atoms with Crippen LogP contribution in [-0.2, 0) is 9.36 Å². The van der Waals surface area contributed by atoms with Crippen LogP contribution in [0.1, 0.15) is 40.0 Å². The average Bonchev–Trinajstić information content (AvgIpc) is 2.19. The summed E-state index contributed by atoms with van der Waals surface area (Å²) in [7, 11) is -2.77. The van der Waals surface area contributed by atoms with Crippen molar-refractivity contribution in [1.29, 1.82) is 0 Å². The van der Waals surface area contributed by atoms with Crippen molar-refractivity contribution < 1.29 is 24.3 Å². The third-order valence-electron chi connectivity index (χ3n) is 1.81. The Morgan fingerprint density at radius 3 is 1.35 bits per heavy atom. The van der Waals surface area contributed by atoms with Crippen molar-refractivity contribution in [3.8, 4) is 0 Å². The lowest BCUT2D eigenvalue weighted by Gasteiger charge is -2.05. The van der Waals surface area contributed by atoms with E-state index in [0.717, 1.165) is 0 Å². The van der Waals surface area contributed by atoms with Gasteiger partial charge in [0.1, 0.15) is 0 Å². The maximum Gasteiger partial charge on any atom is 0.692 e. The van der Waals surface area contributed by atoms with Gasteiger partial charge in [0.15, 0.2) is 0 Å². The quantitative estimate of drug-likeness (QED) is 0.569. The number of hydrogen-bond donors (Lipinski definition) is 2. The van der Waals surface area contributed by atoms with Gasteiger partial charge < -0.3 is 9.90 Å². The average molecular weight is 287 g/mol. The summed E-state index contributed by atoms with van der Waals surface area (Å²) < 4.78 is 8.70. The first-order chi connectivity index (χ1) is 7.99. The Balaban J connectivity index is -0.000000232. The maximum atomic E-state index is 8.70. The summed E-state index contributed by atoms with van der Waals surface area (Å²) in [5.41, 5.74) is 0. The summed E-state index contributed by atoms with van der Waals surface area (Å²) >= 11 is 0. The third-order valence-corrected chi connectivity index (χ3v) is 5.43. The van der Waals surface area contributed by atoms with E-state index in [0.29, 0.717) is 0 Å². The highest BCUT2D eigenvalue weighted by molar-refractivity contribution is 7.57. The number of carbonyl (C=O) groups is 1. The summed E-state index contributed by atoms with van der Waals surface area (Å²) in [6, 6.07) is 0. The zero-order chi connectivity index (χ0) is 14.1. The molecule has 0 amide bonds. The summed E-state index contributed by atoms with van der Waals surface area (Å²) in [5.74, 6) is 0. The minimum Gasteiger partial charge on any atom is -0.554 e. The van der Waals surface area contributed by atoms with Crippen LogP contribution in [0.25, 0.3) is 0 Å². The molecule has 0 saturated heterocycles. The largest absolute Gasteiger partial charge is 0.692 e. The molecule has 0 radical (unpaired) electrons. The molecule has 0 atom stereocenters. The van der Waals surface area contributed by atoms with E-state index >= 15 is 0 Å². The van der Waals surface area contributed by atoms with E-state index < -0.39 is 14.7 Å². The Morgan fingerprint density at radius 1 is 1.06 bits per heavy atom. The highest BCUT2D eigenvalue weighted by Gasteiger charge is 2.10. The van der Waals surface area contributed by atoms with Gasteiger partial charge in [-0.3, -0.25) is 0 Å². The highest BCUT2D eigenvalue weighted by atomic mass is 31.1. The van der Waals surface area contributed by atoms with Crippen LogP contribution in [0.5, 0.6) is 0 Å². The first kappa shape index (κ1) is 22.1. The molecule has 0 aromatic rings. The fourth-order valence-electron chi connectivity index (χ4n) is 1.44. The number of carbonyl (C=O) groups excluding carboxylic acids is 1. The first-order valence-electron chi connectivity index (χ1n) is 5.74. The van der Waals surface area contributed by atoms with Crippen molar-refractivity contribution in [2.45, 2.75) is 40.0 Å². The standard InChI is InChI=1S/C9H21P.CH2O2.HO3P/c1-4-7-10(8-5-2)9-6-3;2-1-3;1-4(2)3/h4-9H2,1-3H3;1H,(H,2,3);(H-,1,2,3)/p+1. The molecule has 0 saturated carbocycles. The van der Waals surface area contributed by atoms with E-state index in [9.17, 15) is 0 Å². The number of rotatable bonds is 6. The van der Waals surface area contributed by atoms with Gasteiger partial charge in [-0.05, 0) is 19.3 Å². The van der Waals surface area contributed by atoms with Crippen LogP contribution in [0.3, 0.4) is 0 Å². The minimum absolute atomic E-state index is 0.103. The van der Waals surface area contributed by atoms with Crippen molar-refractivity contribution in [3.05, 3.63) is 0 Å². The summed E-state index contributed by atoms with van der Waals surface area (Å²) in [5, 5.41) is 8.25. The monoisotopic (exact) mass is 287 g/mol. The second-order valence-corrected chi connectivity index (χ2v) is 6.85. The van der Waals surface area contributed by atoms with E-state index in [2.05, 4.69) is 20.8 Å². The lowest BCUT2D eigenvalue weighted by Crippen LogP contribution is -2.01. The van der Waals surface area contributed by atoms with E-state index in [1.807, 2.05) is 0 Å². The van der Waals surface area contributed by atoms with Gasteiger partial charge in [0.25, 0.3) is 0 Å². The molecule has 0 spiro atoms. The fourth-order valence-corrected chi connectivity index (χ4v) is 4.31. The molecule has 0 unspecified atom stereocenters. The number of carboxylic acid groups (broad SMARTS) is 1. The van der Waals surface area contributed by atoms with Crippen molar-refractivity contribution in [2.24, 2.45) is 0 Å². The smallest absolute Gasteiger partial charge is 0.554 e. The molecule has 5 nitrogen and oxygen atoms in total. The molecule has 0 heterocycles. The van der Waals surface area contributed by atoms with Crippen LogP contribution in [0, 0.1) is 0 Å². The lowest BCUT2D eigenvalue weighted by atomic mass is 10.6. The van der Waals surface area contributed by atoms with Crippen molar-refractivity contribution >= 4 is 22.6 Å². The molecule has 0 aliphatic heterocycles. The first-order valence-corrected chi connectivity index (χ1v) is 9.02. The van der Waals surface area contributed by atoms with Gasteiger partial charge in [-0.25, -0.2) is 0 Å². The lowest BCUT2D eigenvalue weighted by molar-refractivity contribution is -0.283. The molecular formula is C10H25O5P2+. The molecule has 0 fully saturated rings. The van der Waals surface area contributed by atoms with Crippen molar-refractivity contribution in [1.82, 2.24) is 0 Å². The van der Waals surface area contributed by atoms with Crippen molar-refractivity contribution in [3.63, 3.8) is 0 Å². The van der Waals surface area contributed by atoms with E-state index in [1.54, 1.807) is 18.5 Å². The highest BCUT2D eigenvalue weighted by Crippen LogP contribution is 2.37. The van der Waals surface area contributed by atoms with E-state index in [-0.39, 0.29) is 7.92 Å². The fraction of sp³-hybridized carbons (Fsp3) is 0.900. The molecule has 17 heavy (non-hydrogen) atoms. The Kier molecular flexibility index (Phi) is 27.6. The normalized spacial score (nSPS) is 8.59. The molecule has 104 valence electrons. The molecule has 0 rings (SSSR count). The predicted octanol–water partition coefficient (Wildman–Crippen LogP) is 1.43. The van der Waals surface area contributed by atoms with Crippen LogP contribution < -0.4 is 5.11 Å². The minimum atomic E-state index is -2.87. The predicted molar refractivity (Wildman–Crippen MR) is 71.9 cm³/mol. The molecule has 7 heteroatoms. The Labute approximate surface area is 106 Å². The molecule has 2 N–H and O–H groups in total. The van der Waals surface area contributed by atoms with Crippen LogP contribution in [-0.4, -0.2) is 34.7 Å². The van der Waals surface area contributed by atoms with Crippen molar-refractivity contribution in [2.75, 3.05) is 18.5 Å². The van der Waals surface area contributed by atoms with E-state index in [1.165, 1.54) is 19.3 Å². The van der Waals surface area contributed by atoms with Gasteiger partial charge in [-0.2, -0.15) is 0 Å². The van der Waals surface area contributed by atoms with Gasteiger partial charge in [0.05, 0.1) is 18.5 Å². The second kappa shape index (κ2) is 21.2. The number of hydrogen-bond acceptors (Lipinski definition) is 3. The molecule has 0 aromatic heterocycles. The molecular weight excluding hydrogens is 262 g/mol. The topological polar surface area (TPSA) is 97.7 Å². The van der Waals surface area contributed by atoms with Crippen LogP contribution in [0.4, 0.5) is 0 Å². The second-order valence-electron chi connectivity index (χ2n) is 3.35. The maximum absolute atomic E-state index is 8.70. The van der Waals surface area contributed by atoms with Gasteiger partial charge in [0, 0.05) is 19.0 Å². The van der Waals surface area contributed by atoms with Crippen LogP contribution in [0.15, 0.2) is 0 Å². The zero-order valence-electron chi connectivity index (χ0n) is 10.9. The molecule has 0 bridgehead atoms. The van der Waals surface area contributed by atoms with Crippen LogP contribution >= 0.6 is 16.2 Å². The molecule has 0 aromatic carbocycles. The molecule has 0 aliphatic rings. The third kappa shape index (κ3) is 38.8. The van der Waals surface area contributed by atoms with Gasteiger partial charge in [-0.1, -0.05) is 20.8 Å². The van der Waals surface area contributed by atoms with Gasteiger partial charge in [-0.15, -0.1) is 9.79 Å². The van der Waals surface area contributed by atoms with E-state index in [4.69, 9.17) is 24.3 Å². The Hall–Kier alpha value is -0.0800. The van der Waals surface area contributed by atoms with Crippen LogP contribution in [0.2, 0.25) is 0 Å². The zero-order valence-corrected chi connectivity index (χ0v) is 12.8. The summed E-state index contributed by atoms with van der Waals surface area (Å²) in [6.07, 6.45) is 8.88. The van der Waals surface area contributed by atoms with Gasteiger partial charge in [0.2, 0.25) is 0 Å². The Morgan fingerprint density at radius 2 is 1.24 bits per heavy atom. The van der Waals surface area contributed by atoms with Gasteiger partial charge >= 0.3 is 8.25 Å². The molecule has 0 aliphatic carbocycles. The summed E-state index contributed by atoms with van der Waals surface area (Å²) in [6.45, 7) is 6.45. The Bertz CT molecular complexity index is 149. The summed E-state index contributed by atoms with van der Waals surface area (Å²) in [4.78, 5) is 22.5.